The van der Waals surface area contributed by atoms with Crippen LogP contribution in [0.3, 0.4) is 0 Å². The van der Waals surface area contributed by atoms with Crippen LogP contribution in [0.5, 0.6) is 0 Å². The molecule has 0 fully saturated rings. The summed E-state index contributed by atoms with van der Waals surface area (Å²) in [4.78, 5) is 10.1. The van der Waals surface area contributed by atoms with Gasteiger partial charge >= 0.3 is 5.30 Å². The molecule has 6 heteroatoms. The molecule has 0 heterocycles. The molecule has 0 unspecified atom stereocenters. The van der Waals surface area contributed by atoms with E-state index in [-0.39, 0.29) is 0 Å². The predicted molar refractivity (Wildman–Crippen MR) is 53.3 cm³/mol. The first-order valence-corrected chi connectivity index (χ1v) is 5.88. The van der Waals surface area contributed by atoms with Crippen molar-refractivity contribution >= 4 is 26.9 Å². The van der Waals surface area contributed by atoms with Gasteiger partial charge in [0, 0.05) is 16.5 Å². The highest BCUT2D eigenvalue weighted by Gasteiger charge is 2.04. The fourth-order valence-corrected chi connectivity index (χ4v) is 2.14. The second-order valence-corrected chi connectivity index (χ2v) is 4.61. The van der Waals surface area contributed by atoms with Gasteiger partial charge in [-0.1, -0.05) is 16.9 Å². The lowest BCUT2D eigenvalue weighted by atomic mass is 10.2. The van der Waals surface area contributed by atoms with E-state index < -0.39 is 16.9 Å². The van der Waals surface area contributed by atoms with E-state index in [0.717, 1.165) is 22.9 Å². The number of benzene rings is 1. The van der Waals surface area contributed by atoms with Crippen LogP contribution in [-0.2, 0) is 5.75 Å². The first kappa shape index (κ1) is 11.3. The van der Waals surface area contributed by atoms with E-state index in [1.165, 1.54) is 6.07 Å². The highest BCUT2D eigenvalue weighted by atomic mass is 33.1. The monoisotopic (exact) mass is 236 g/mol. The number of rotatable bonds is 3. The van der Waals surface area contributed by atoms with E-state index in [2.05, 4.69) is 0 Å². The molecule has 0 aliphatic heterocycles. The Balaban J connectivity index is 2.51. The Kier molecular flexibility index (Phi) is 4.21. The molecule has 0 atom stereocenters. The minimum atomic E-state index is -1.00. The van der Waals surface area contributed by atoms with Crippen LogP contribution in [-0.4, -0.2) is 10.4 Å². The summed E-state index contributed by atoms with van der Waals surface area (Å²) in [7, 11) is 1.71. The van der Waals surface area contributed by atoms with Crippen molar-refractivity contribution in [3.8, 4) is 0 Å². The molecule has 0 saturated carbocycles. The van der Waals surface area contributed by atoms with Gasteiger partial charge in [-0.25, -0.2) is 13.6 Å². The normalized spacial score (nSPS) is 10.1. The molecule has 0 bridgehead atoms. The van der Waals surface area contributed by atoms with Crippen molar-refractivity contribution in [2.45, 2.75) is 5.75 Å². The van der Waals surface area contributed by atoms with Gasteiger partial charge in [-0.3, -0.25) is 0 Å². The third-order valence-electron chi connectivity index (χ3n) is 1.34. The SMILES string of the molecule is O=C(O)SSCc1ccc(F)c(F)c1. The van der Waals surface area contributed by atoms with Crippen molar-refractivity contribution < 1.29 is 18.7 Å². The van der Waals surface area contributed by atoms with E-state index >= 15 is 0 Å². The molecule has 76 valence electrons. The third-order valence-corrected chi connectivity index (χ3v) is 3.19. The summed E-state index contributed by atoms with van der Waals surface area (Å²) in [5.41, 5.74) is 0.558. The second-order valence-electron chi connectivity index (χ2n) is 2.36. The maximum absolute atomic E-state index is 12.7. The standard InChI is InChI=1S/C8H6F2O2S2/c9-6-2-1-5(3-7(6)10)4-13-14-8(11)12/h1-3H,4H2,(H,11,12). The number of hydrogen-bond donors (Lipinski definition) is 1. The van der Waals surface area contributed by atoms with Gasteiger partial charge in [-0.2, -0.15) is 0 Å². The van der Waals surface area contributed by atoms with Crippen molar-refractivity contribution in [2.75, 3.05) is 0 Å². The largest absolute Gasteiger partial charge is 0.473 e. The summed E-state index contributed by atoms with van der Waals surface area (Å²) < 4.78 is 25.1. The maximum Gasteiger partial charge on any atom is 0.375 e. The van der Waals surface area contributed by atoms with E-state index in [9.17, 15) is 13.6 Å². The lowest BCUT2D eigenvalue weighted by Gasteiger charge is -1.99. The Morgan fingerprint density at radius 3 is 2.64 bits per heavy atom. The van der Waals surface area contributed by atoms with Crippen molar-refractivity contribution in [1.29, 1.82) is 0 Å². The van der Waals surface area contributed by atoms with Gasteiger partial charge in [-0.05, 0) is 17.7 Å². The molecule has 0 saturated heterocycles. The smallest absolute Gasteiger partial charge is 0.375 e. The first-order valence-electron chi connectivity index (χ1n) is 3.56. The van der Waals surface area contributed by atoms with Gasteiger partial charge in [0.25, 0.3) is 0 Å². The molecule has 1 aromatic carbocycles. The van der Waals surface area contributed by atoms with Gasteiger partial charge in [0.2, 0.25) is 0 Å². The molecule has 1 aromatic rings. The van der Waals surface area contributed by atoms with Crippen LogP contribution in [0.4, 0.5) is 13.6 Å². The molecule has 0 aliphatic rings. The Bertz CT molecular complexity index is 344. The van der Waals surface area contributed by atoms with Crippen molar-refractivity contribution in [3.63, 3.8) is 0 Å². The summed E-state index contributed by atoms with van der Waals surface area (Å²) in [5.74, 6) is -1.48. The fraction of sp³-hybridized carbons (Fsp3) is 0.125. The van der Waals surface area contributed by atoms with E-state index in [0.29, 0.717) is 22.1 Å². The van der Waals surface area contributed by atoms with Crippen LogP contribution in [0.25, 0.3) is 0 Å². The molecule has 0 amide bonds. The summed E-state index contributed by atoms with van der Waals surface area (Å²) in [6, 6.07) is 3.51. The van der Waals surface area contributed by atoms with Crippen LogP contribution >= 0.6 is 21.6 Å². The van der Waals surface area contributed by atoms with Crippen LogP contribution in [0, 0.1) is 11.6 Å². The van der Waals surface area contributed by atoms with Gasteiger partial charge in [0.05, 0.1) is 0 Å². The Morgan fingerprint density at radius 2 is 2.07 bits per heavy atom. The zero-order chi connectivity index (χ0) is 10.6. The molecule has 1 rings (SSSR count). The lowest BCUT2D eigenvalue weighted by molar-refractivity contribution is 0.222. The number of carbonyl (C=O) groups is 1. The number of carboxylic acid groups (broad SMARTS) is 1. The highest BCUT2D eigenvalue weighted by molar-refractivity contribution is 8.81. The summed E-state index contributed by atoms with van der Waals surface area (Å²) >= 11 is 0. The molecule has 2 nitrogen and oxygen atoms in total. The van der Waals surface area contributed by atoms with Crippen molar-refractivity contribution in [3.05, 3.63) is 35.4 Å². The molecule has 0 spiro atoms. The Morgan fingerprint density at radius 1 is 1.36 bits per heavy atom. The van der Waals surface area contributed by atoms with E-state index in [4.69, 9.17) is 5.11 Å². The van der Waals surface area contributed by atoms with Crippen molar-refractivity contribution in [1.82, 2.24) is 0 Å². The summed E-state index contributed by atoms with van der Waals surface area (Å²) in [6.45, 7) is 0. The molecule has 0 radical (unpaired) electrons. The molecule has 1 N–H and O–H groups in total. The zero-order valence-electron chi connectivity index (χ0n) is 6.87. The average molecular weight is 236 g/mol. The van der Waals surface area contributed by atoms with Crippen LogP contribution in [0.15, 0.2) is 18.2 Å². The third kappa shape index (κ3) is 3.55. The van der Waals surface area contributed by atoms with Crippen LogP contribution in [0.2, 0.25) is 0 Å². The predicted octanol–water partition coefficient (Wildman–Crippen LogP) is 3.52. The molecular weight excluding hydrogens is 230 g/mol. The van der Waals surface area contributed by atoms with Gasteiger partial charge < -0.3 is 5.11 Å². The zero-order valence-corrected chi connectivity index (χ0v) is 8.50. The average Bonchev–Trinajstić information content (AvgIpc) is 2.10. The lowest BCUT2D eigenvalue weighted by Crippen LogP contribution is -1.87. The minimum Gasteiger partial charge on any atom is -0.473 e. The van der Waals surface area contributed by atoms with E-state index in [1.807, 2.05) is 0 Å². The first-order chi connectivity index (χ1) is 6.59. The summed E-state index contributed by atoms with van der Waals surface area (Å²) in [6.07, 6.45) is 0. The van der Waals surface area contributed by atoms with Gasteiger partial charge in [0.15, 0.2) is 11.6 Å². The van der Waals surface area contributed by atoms with Crippen LogP contribution < -0.4 is 0 Å². The molecule has 0 aromatic heterocycles. The van der Waals surface area contributed by atoms with Crippen LogP contribution in [0.1, 0.15) is 5.56 Å². The second kappa shape index (κ2) is 5.21. The minimum absolute atomic E-state index is 0.328. The quantitative estimate of drug-likeness (QED) is 0.815. The summed E-state index contributed by atoms with van der Waals surface area (Å²) in [5, 5.41) is 7.30. The molecular formula is C8H6F2O2S2. The molecule has 0 aliphatic carbocycles. The number of hydrogen-bond acceptors (Lipinski definition) is 3. The highest BCUT2D eigenvalue weighted by Crippen LogP contribution is 2.26. The fourth-order valence-electron chi connectivity index (χ4n) is 0.777. The Hall–Kier alpha value is -0.750. The van der Waals surface area contributed by atoms with Gasteiger partial charge in [-0.15, -0.1) is 0 Å². The Labute approximate surface area is 87.1 Å². The maximum atomic E-state index is 12.7. The van der Waals surface area contributed by atoms with Crippen molar-refractivity contribution in [2.24, 2.45) is 0 Å². The number of halogens is 2. The van der Waals surface area contributed by atoms with Gasteiger partial charge in [0.1, 0.15) is 0 Å². The topological polar surface area (TPSA) is 37.3 Å². The van der Waals surface area contributed by atoms with E-state index in [1.54, 1.807) is 0 Å². The molecule has 14 heavy (non-hydrogen) atoms.